The summed E-state index contributed by atoms with van der Waals surface area (Å²) in [5.41, 5.74) is 1.56. The van der Waals surface area contributed by atoms with Crippen molar-refractivity contribution in [3.8, 4) is 0 Å². The van der Waals surface area contributed by atoms with Crippen LogP contribution in [0.25, 0.3) is 0 Å². The van der Waals surface area contributed by atoms with E-state index in [9.17, 15) is 0 Å². The van der Waals surface area contributed by atoms with Crippen LogP contribution in [0.1, 0.15) is 44.6 Å². The summed E-state index contributed by atoms with van der Waals surface area (Å²) in [5.74, 6) is 2.01. The third-order valence-corrected chi connectivity index (χ3v) is 5.79. The smallest absolute Gasteiger partial charge is 0.0535 e. The third kappa shape index (κ3) is 3.02. The van der Waals surface area contributed by atoms with Crippen LogP contribution in [0, 0.1) is 11.8 Å². The molecule has 1 aliphatic heterocycles. The highest BCUT2D eigenvalue weighted by atomic mass is 15.3. The van der Waals surface area contributed by atoms with Crippen LogP contribution in [0.5, 0.6) is 0 Å². The molecule has 21 heavy (non-hydrogen) atoms. The zero-order valence-electron chi connectivity index (χ0n) is 13.2. The fourth-order valence-electron chi connectivity index (χ4n) is 3.98. The lowest BCUT2D eigenvalue weighted by Crippen LogP contribution is -2.61. The fourth-order valence-corrected chi connectivity index (χ4v) is 3.98. The van der Waals surface area contributed by atoms with E-state index >= 15 is 0 Å². The molecule has 1 aromatic carbocycles. The van der Waals surface area contributed by atoms with Gasteiger partial charge in [0.2, 0.25) is 0 Å². The predicted octanol–water partition coefficient (Wildman–Crippen LogP) is 3.39. The van der Waals surface area contributed by atoms with Crippen LogP contribution >= 0.6 is 0 Å². The van der Waals surface area contributed by atoms with Gasteiger partial charge in [-0.1, -0.05) is 43.2 Å². The number of rotatable bonds is 5. The number of nitrogens with zero attached hydrogens (tertiary/aromatic N) is 1. The molecule has 1 saturated heterocycles. The van der Waals surface area contributed by atoms with E-state index in [1.807, 2.05) is 0 Å². The van der Waals surface area contributed by atoms with Crippen LogP contribution in [-0.4, -0.2) is 30.6 Å². The molecular weight excluding hydrogens is 256 g/mol. The lowest BCUT2D eigenvalue weighted by atomic mass is 9.87. The Labute approximate surface area is 128 Å². The maximum Gasteiger partial charge on any atom is 0.0535 e. The van der Waals surface area contributed by atoms with E-state index in [0.29, 0.717) is 0 Å². The Morgan fingerprint density at radius 1 is 1.14 bits per heavy atom. The second kappa shape index (κ2) is 5.40. The van der Waals surface area contributed by atoms with Crippen molar-refractivity contribution in [3.05, 3.63) is 35.9 Å². The Balaban J connectivity index is 1.49. The quantitative estimate of drug-likeness (QED) is 0.891. The van der Waals surface area contributed by atoms with E-state index in [2.05, 4.69) is 47.5 Å². The largest absolute Gasteiger partial charge is 0.305 e. The summed E-state index contributed by atoms with van der Waals surface area (Å²) in [5, 5.41) is 3.87. The van der Waals surface area contributed by atoms with Gasteiger partial charge in [0, 0.05) is 19.1 Å². The lowest BCUT2D eigenvalue weighted by molar-refractivity contribution is 0.0712. The van der Waals surface area contributed by atoms with E-state index in [4.69, 9.17) is 0 Å². The van der Waals surface area contributed by atoms with Crippen LogP contribution < -0.4 is 5.32 Å². The van der Waals surface area contributed by atoms with Crippen molar-refractivity contribution >= 4 is 0 Å². The van der Waals surface area contributed by atoms with Crippen LogP contribution in [0.4, 0.5) is 0 Å². The number of piperazine rings is 1. The highest BCUT2D eigenvalue weighted by Gasteiger charge is 2.43. The van der Waals surface area contributed by atoms with Gasteiger partial charge in [0.1, 0.15) is 0 Å². The summed E-state index contributed by atoms with van der Waals surface area (Å²) in [6.45, 7) is 6.04. The number of hydrogen-bond acceptors (Lipinski definition) is 2. The molecule has 0 spiro atoms. The molecule has 2 unspecified atom stereocenters. The Bertz CT molecular complexity index is 478. The summed E-state index contributed by atoms with van der Waals surface area (Å²) >= 11 is 0. The van der Waals surface area contributed by atoms with Crippen LogP contribution in [0.3, 0.4) is 0 Å². The molecular formula is C19H28N2. The molecule has 1 aromatic rings. The lowest BCUT2D eigenvalue weighted by Gasteiger charge is -2.47. The van der Waals surface area contributed by atoms with Gasteiger partial charge in [-0.05, 0) is 50.1 Å². The zero-order chi connectivity index (χ0) is 14.3. The first-order valence-electron chi connectivity index (χ1n) is 8.79. The molecule has 0 aromatic heterocycles. The minimum absolute atomic E-state index is 0.121. The maximum atomic E-state index is 3.87. The molecule has 2 heteroatoms. The van der Waals surface area contributed by atoms with Gasteiger partial charge in [-0.25, -0.2) is 0 Å². The van der Waals surface area contributed by atoms with Crippen LogP contribution in [-0.2, 0) is 5.54 Å². The first-order valence-corrected chi connectivity index (χ1v) is 8.79. The maximum absolute atomic E-state index is 3.87. The van der Waals surface area contributed by atoms with E-state index in [1.165, 1.54) is 57.3 Å². The van der Waals surface area contributed by atoms with Gasteiger partial charge in [-0.3, -0.25) is 4.90 Å². The molecule has 0 amide bonds. The van der Waals surface area contributed by atoms with E-state index in [-0.39, 0.29) is 5.54 Å². The molecule has 1 N–H and O–H groups in total. The standard InChI is InChI=1S/C19H28N2/c1-19(17-5-3-2-4-6-17)14-21(12-11-15-7-8-15)18(13-20-19)16-9-10-16/h2-6,15-16,18,20H,7-14H2,1H3. The summed E-state index contributed by atoms with van der Waals surface area (Å²) < 4.78 is 0. The van der Waals surface area contributed by atoms with Crippen molar-refractivity contribution in [1.29, 1.82) is 0 Å². The average molecular weight is 284 g/mol. The minimum Gasteiger partial charge on any atom is -0.305 e. The van der Waals surface area contributed by atoms with Gasteiger partial charge >= 0.3 is 0 Å². The third-order valence-electron chi connectivity index (χ3n) is 5.79. The normalized spacial score (nSPS) is 34.0. The van der Waals surface area contributed by atoms with Crippen molar-refractivity contribution in [2.75, 3.05) is 19.6 Å². The predicted molar refractivity (Wildman–Crippen MR) is 87.2 cm³/mol. The minimum atomic E-state index is 0.121. The highest BCUT2D eigenvalue weighted by Crippen LogP contribution is 2.40. The molecule has 3 fully saturated rings. The molecule has 2 nitrogen and oxygen atoms in total. The van der Waals surface area contributed by atoms with Crippen molar-refractivity contribution in [2.24, 2.45) is 11.8 Å². The monoisotopic (exact) mass is 284 g/mol. The average Bonchev–Trinajstić information content (AvgIpc) is 3.39. The van der Waals surface area contributed by atoms with E-state index in [1.54, 1.807) is 0 Å². The van der Waals surface area contributed by atoms with Gasteiger partial charge in [0.25, 0.3) is 0 Å². The van der Waals surface area contributed by atoms with Crippen molar-refractivity contribution < 1.29 is 0 Å². The highest BCUT2D eigenvalue weighted by molar-refractivity contribution is 5.25. The zero-order valence-corrected chi connectivity index (χ0v) is 13.2. The van der Waals surface area contributed by atoms with Crippen molar-refractivity contribution in [2.45, 2.75) is 50.6 Å². The number of hydrogen-bond donors (Lipinski definition) is 1. The molecule has 1 heterocycles. The fraction of sp³-hybridized carbons (Fsp3) is 0.684. The molecule has 0 bridgehead atoms. The Morgan fingerprint density at radius 2 is 1.90 bits per heavy atom. The molecule has 3 aliphatic rings. The van der Waals surface area contributed by atoms with Crippen molar-refractivity contribution in [1.82, 2.24) is 10.2 Å². The number of nitrogens with one attached hydrogen (secondary N) is 1. The van der Waals surface area contributed by atoms with Gasteiger partial charge < -0.3 is 5.32 Å². The van der Waals surface area contributed by atoms with Crippen LogP contribution in [0.15, 0.2) is 30.3 Å². The Kier molecular flexibility index (Phi) is 3.55. The molecule has 2 aliphatic carbocycles. The van der Waals surface area contributed by atoms with E-state index < -0.39 is 0 Å². The Morgan fingerprint density at radius 3 is 2.57 bits per heavy atom. The second-order valence-electron chi connectivity index (χ2n) is 7.69. The molecule has 114 valence electrons. The number of benzene rings is 1. The molecule has 0 radical (unpaired) electrons. The summed E-state index contributed by atoms with van der Waals surface area (Å²) in [6.07, 6.45) is 7.29. The van der Waals surface area contributed by atoms with Gasteiger partial charge in [0.05, 0.1) is 5.54 Å². The molecule has 2 atom stereocenters. The first kappa shape index (κ1) is 13.8. The Hall–Kier alpha value is -0.860. The topological polar surface area (TPSA) is 15.3 Å². The van der Waals surface area contributed by atoms with Gasteiger partial charge in [-0.15, -0.1) is 0 Å². The molecule has 4 rings (SSSR count). The van der Waals surface area contributed by atoms with Gasteiger partial charge in [0.15, 0.2) is 0 Å². The summed E-state index contributed by atoms with van der Waals surface area (Å²) in [4.78, 5) is 2.82. The van der Waals surface area contributed by atoms with Gasteiger partial charge in [-0.2, -0.15) is 0 Å². The summed E-state index contributed by atoms with van der Waals surface area (Å²) in [7, 11) is 0. The molecule has 2 saturated carbocycles. The summed E-state index contributed by atoms with van der Waals surface area (Å²) in [6, 6.07) is 11.8. The second-order valence-corrected chi connectivity index (χ2v) is 7.69. The van der Waals surface area contributed by atoms with Crippen LogP contribution in [0.2, 0.25) is 0 Å². The van der Waals surface area contributed by atoms with E-state index in [0.717, 1.165) is 17.9 Å². The SMILES string of the molecule is CC1(c2ccccc2)CN(CCC2CC2)C(C2CC2)CN1. The first-order chi connectivity index (χ1) is 10.2. The van der Waals surface area contributed by atoms with Crippen molar-refractivity contribution in [3.63, 3.8) is 0 Å².